The van der Waals surface area contributed by atoms with Crippen LogP contribution in [0.3, 0.4) is 0 Å². The summed E-state index contributed by atoms with van der Waals surface area (Å²) >= 11 is 3.32. The molecule has 0 amide bonds. The van der Waals surface area contributed by atoms with Gasteiger partial charge in [0.2, 0.25) is 16.0 Å². The number of aromatic nitrogens is 2. The maximum absolute atomic E-state index is 12.8. The first-order chi connectivity index (χ1) is 12.0. The zero-order chi connectivity index (χ0) is 17.4. The van der Waals surface area contributed by atoms with Gasteiger partial charge in [0.15, 0.2) is 0 Å². The van der Waals surface area contributed by atoms with E-state index < -0.39 is 10.0 Å². The van der Waals surface area contributed by atoms with Gasteiger partial charge < -0.3 is 9.64 Å². The fraction of sp³-hybridized carbons (Fsp3) is 0.375. The molecule has 2 aliphatic rings. The van der Waals surface area contributed by atoms with Crippen molar-refractivity contribution < 1.29 is 13.2 Å². The second-order valence-electron chi connectivity index (χ2n) is 5.97. The minimum Gasteiger partial charge on any atom is -0.378 e. The van der Waals surface area contributed by atoms with E-state index in [0.29, 0.717) is 25.7 Å². The van der Waals surface area contributed by atoms with Crippen LogP contribution in [0.4, 0.5) is 5.95 Å². The number of fused-ring (bicyclic) bond motifs is 1. The zero-order valence-corrected chi connectivity index (χ0v) is 15.8. The molecule has 0 spiro atoms. The standard InChI is InChI=1S/C16H17BrN4O3S/c17-13-1-3-14(4-2-13)25(22,23)21-10-12-9-18-16(19-15(12)11-21)20-5-7-24-8-6-20/h1-4,9H,5-8,10-11H2. The molecule has 0 unspecified atom stereocenters. The van der Waals surface area contributed by atoms with E-state index >= 15 is 0 Å². The largest absolute Gasteiger partial charge is 0.378 e. The predicted molar refractivity (Wildman–Crippen MR) is 95.6 cm³/mol. The fourth-order valence-corrected chi connectivity index (χ4v) is 4.60. The summed E-state index contributed by atoms with van der Waals surface area (Å²) in [4.78, 5) is 11.3. The average molecular weight is 425 g/mol. The van der Waals surface area contributed by atoms with Gasteiger partial charge in [0.05, 0.1) is 30.3 Å². The fourth-order valence-electron chi connectivity index (χ4n) is 2.95. The molecule has 132 valence electrons. The third-order valence-corrected chi connectivity index (χ3v) is 6.69. The van der Waals surface area contributed by atoms with Gasteiger partial charge in [-0.15, -0.1) is 0 Å². The van der Waals surface area contributed by atoms with Crippen LogP contribution < -0.4 is 4.90 Å². The van der Waals surface area contributed by atoms with Crippen molar-refractivity contribution in [1.29, 1.82) is 0 Å². The highest BCUT2D eigenvalue weighted by Gasteiger charge is 2.32. The molecular weight excluding hydrogens is 408 g/mol. The minimum absolute atomic E-state index is 0.271. The lowest BCUT2D eigenvalue weighted by molar-refractivity contribution is 0.122. The Kier molecular flexibility index (Phi) is 4.48. The number of rotatable bonds is 3. The molecule has 0 bridgehead atoms. The number of hydrogen-bond donors (Lipinski definition) is 0. The Labute approximate surface area is 154 Å². The second kappa shape index (κ2) is 6.64. The Morgan fingerprint density at radius 3 is 2.52 bits per heavy atom. The van der Waals surface area contributed by atoms with Crippen molar-refractivity contribution in [2.45, 2.75) is 18.0 Å². The molecule has 25 heavy (non-hydrogen) atoms. The normalized spacial score (nSPS) is 18.4. The van der Waals surface area contributed by atoms with E-state index in [2.05, 4.69) is 30.8 Å². The number of sulfonamides is 1. The minimum atomic E-state index is -3.55. The number of halogens is 1. The molecule has 1 aromatic carbocycles. The Morgan fingerprint density at radius 2 is 1.80 bits per heavy atom. The average Bonchev–Trinajstić information content (AvgIpc) is 3.07. The van der Waals surface area contributed by atoms with Crippen LogP contribution in [0.25, 0.3) is 0 Å². The van der Waals surface area contributed by atoms with Crippen LogP contribution in [0.1, 0.15) is 11.3 Å². The van der Waals surface area contributed by atoms with Gasteiger partial charge in [0, 0.05) is 35.9 Å². The molecule has 0 aliphatic carbocycles. The number of hydrogen-bond acceptors (Lipinski definition) is 6. The van der Waals surface area contributed by atoms with Gasteiger partial charge >= 0.3 is 0 Å². The number of ether oxygens (including phenoxy) is 1. The molecule has 0 atom stereocenters. The first kappa shape index (κ1) is 16.9. The maximum atomic E-state index is 12.8. The summed E-state index contributed by atoms with van der Waals surface area (Å²) < 4.78 is 33.3. The van der Waals surface area contributed by atoms with Gasteiger partial charge in [0.25, 0.3) is 0 Å². The van der Waals surface area contributed by atoms with Crippen molar-refractivity contribution >= 4 is 31.9 Å². The topological polar surface area (TPSA) is 75.6 Å². The quantitative estimate of drug-likeness (QED) is 0.747. The number of benzene rings is 1. The van der Waals surface area contributed by atoms with Crippen molar-refractivity contribution in [1.82, 2.24) is 14.3 Å². The molecular formula is C16H17BrN4O3S. The monoisotopic (exact) mass is 424 g/mol. The molecule has 0 saturated carbocycles. The van der Waals surface area contributed by atoms with Gasteiger partial charge in [-0.1, -0.05) is 15.9 Å². The molecule has 0 N–H and O–H groups in total. The van der Waals surface area contributed by atoms with E-state index in [1.807, 2.05) is 0 Å². The Balaban J connectivity index is 1.57. The zero-order valence-electron chi connectivity index (χ0n) is 13.4. The van der Waals surface area contributed by atoms with Gasteiger partial charge in [-0.05, 0) is 24.3 Å². The maximum Gasteiger partial charge on any atom is 0.243 e. The Hall–Kier alpha value is -1.55. The molecule has 0 radical (unpaired) electrons. The van der Waals surface area contributed by atoms with Gasteiger partial charge in [0.1, 0.15) is 0 Å². The van der Waals surface area contributed by atoms with Gasteiger partial charge in [-0.25, -0.2) is 18.4 Å². The van der Waals surface area contributed by atoms with Crippen molar-refractivity contribution in [3.8, 4) is 0 Å². The molecule has 2 aromatic rings. The molecule has 1 saturated heterocycles. The van der Waals surface area contributed by atoms with E-state index in [0.717, 1.165) is 28.8 Å². The van der Waals surface area contributed by atoms with Crippen LogP contribution in [-0.2, 0) is 27.8 Å². The van der Waals surface area contributed by atoms with Crippen LogP contribution in [0, 0.1) is 0 Å². The van der Waals surface area contributed by atoms with Crippen LogP contribution >= 0.6 is 15.9 Å². The lowest BCUT2D eigenvalue weighted by Crippen LogP contribution is -2.37. The lowest BCUT2D eigenvalue weighted by Gasteiger charge is -2.26. The van der Waals surface area contributed by atoms with E-state index in [9.17, 15) is 8.42 Å². The summed E-state index contributed by atoms with van der Waals surface area (Å²) in [6.07, 6.45) is 1.74. The van der Waals surface area contributed by atoms with E-state index in [1.54, 1.807) is 30.5 Å². The molecule has 3 heterocycles. The lowest BCUT2D eigenvalue weighted by atomic mass is 10.3. The van der Waals surface area contributed by atoms with Crippen LogP contribution in [-0.4, -0.2) is 49.0 Å². The second-order valence-corrected chi connectivity index (χ2v) is 8.82. The van der Waals surface area contributed by atoms with Crippen LogP contribution in [0.15, 0.2) is 39.8 Å². The third kappa shape index (κ3) is 3.29. The smallest absolute Gasteiger partial charge is 0.243 e. The highest BCUT2D eigenvalue weighted by molar-refractivity contribution is 9.10. The molecule has 4 rings (SSSR count). The number of anilines is 1. The van der Waals surface area contributed by atoms with Crippen molar-refractivity contribution in [3.63, 3.8) is 0 Å². The highest BCUT2D eigenvalue weighted by atomic mass is 79.9. The Bertz CT molecular complexity index is 883. The van der Waals surface area contributed by atoms with Crippen LogP contribution in [0.5, 0.6) is 0 Å². The van der Waals surface area contributed by atoms with Crippen LogP contribution in [0.2, 0.25) is 0 Å². The first-order valence-corrected chi connectivity index (χ1v) is 10.2. The summed E-state index contributed by atoms with van der Waals surface area (Å²) in [7, 11) is -3.55. The third-order valence-electron chi connectivity index (χ3n) is 4.36. The first-order valence-electron chi connectivity index (χ1n) is 7.97. The summed E-state index contributed by atoms with van der Waals surface area (Å²) in [5.74, 6) is 0.643. The number of morpholine rings is 1. The number of nitrogens with zero attached hydrogens (tertiary/aromatic N) is 4. The summed E-state index contributed by atoms with van der Waals surface area (Å²) in [6, 6.07) is 6.67. The van der Waals surface area contributed by atoms with Crippen molar-refractivity contribution in [2.24, 2.45) is 0 Å². The molecule has 9 heteroatoms. The van der Waals surface area contributed by atoms with Gasteiger partial charge in [-0.2, -0.15) is 4.31 Å². The van der Waals surface area contributed by atoms with Crippen molar-refractivity contribution in [3.05, 3.63) is 46.2 Å². The predicted octanol–water partition coefficient (Wildman–Crippen LogP) is 1.78. The molecule has 2 aliphatic heterocycles. The SMILES string of the molecule is O=S(=O)(c1ccc(Br)cc1)N1Cc2cnc(N3CCOCC3)nc2C1. The summed E-state index contributed by atoms with van der Waals surface area (Å²) in [5.41, 5.74) is 1.63. The summed E-state index contributed by atoms with van der Waals surface area (Å²) in [5, 5.41) is 0. The van der Waals surface area contributed by atoms with E-state index in [-0.39, 0.29) is 11.4 Å². The molecule has 7 nitrogen and oxygen atoms in total. The van der Waals surface area contributed by atoms with E-state index in [4.69, 9.17) is 4.74 Å². The van der Waals surface area contributed by atoms with E-state index in [1.165, 1.54) is 4.31 Å². The van der Waals surface area contributed by atoms with Gasteiger partial charge in [-0.3, -0.25) is 0 Å². The highest BCUT2D eigenvalue weighted by Crippen LogP contribution is 2.28. The molecule has 1 fully saturated rings. The Morgan fingerprint density at radius 1 is 1.08 bits per heavy atom. The summed E-state index contributed by atoms with van der Waals surface area (Å²) in [6.45, 7) is 3.39. The molecule has 1 aromatic heterocycles. The van der Waals surface area contributed by atoms with Crippen molar-refractivity contribution in [2.75, 3.05) is 31.2 Å².